The first kappa shape index (κ1) is 27.2. The van der Waals surface area contributed by atoms with Crippen molar-refractivity contribution in [2.75, 3.05) is 50.7 Å². The van der Waals surface area contributed by atoms with Gasteiger partial charge in [0.25, 0.3) is 0 Å². The Morgan fingerprint density at radius 1 is 1.16 bits per heavy atom. The van der Waals surface area contributed by atoms with Crippen molar-refractivity contribution in [3.05, 3.63) is 65.8 Å². The van der Waals surface area contributed by atoms with Crippen LogP contribution in [0.1, 0.15) is 0 Å². The number of aromatic nitrogens is 1. The number of hydrogen-bond donors (Lipinski definition) is 3. The fraction of sp³-hybridized carbons (Fsp3) is 0.259. The molecule has 1 aromatic heterocycles. The van der Waals surface area contributed by atoms with Gasteiger partial charge in [0, 0.05) is 49.4 Å². The highest BCUT2D eigenvalue weighted by atomic mass is 35.5. The van der Waals surface area contributed by atoms with Gasteiger partial charge in [0.1, 0.15) is 22.9 Å². The number of carbonyl (C=O) groups excluding carboxylic acids is 1. The van der Waals surface area contributed by atoms with Crippen molar-refractivity contribution in [2.24, 2.45) is 0 Å². The number of aromatic hydroxyl groups is 1. The number of phenols is 1. The molecule has 1 saturated heterocycles. The predicted octanol–water partition coefficient (Wildman–Crippen LogP) is 3.46. The monoisotopic (exact) mass is 542 g/mol. The van der Waals surface area contributed by atoms with Crippen LogP contribution in [0.5, 0.6) is 11.6 Å². The molecule has 200 valence electrons. The molecule has 3 aromatic rings. The van der Waals surface area contributed by atoms with Crippen LogP contribution in [0.4, 0.5) is 15.8 Å². The second-order valence-corrected chi connectivity index (χ2v) is 9.69. The van der Waals surface area contributed by atoms with E-state index in [0.29, 0.717) is 28.9 Å². The van der Waals surface area contributed by atoms with Crippen LogP contribution >= 0.6 is 11.6 Å². The molecular formula is C27H28ClFN4O5. The fourth-order valence-electron chi connectivity index (χ4n) is 4.21. The maximum atomic E-state index is 14.8. The highest BCUT2D eigenvalue weighted by molar-refractivity contribution is 6.34. The van der Waals surface area contributed by atoms with Gasteiger partial charge >= 0.3 is 0 Å². The Labute approximate surface area is 224 Å². The summed E-state index contributed by atoms with van der Waals surface area (Å²) in [5, 5.41) is 31.0. The topological polar surface area (TPSA) is 110 Å². The number of pyridine rings is 1. The van der Waals surface area contributed by atoms with Gasteiger partial charge in [-0.25, -0.2) is 9.37 Å². The zero-order valence-corrected chi connectivity index (χ0v) is 21.9. The molecule has 0 aliphatic carbocycles. The highest BCUT2D eigenvalue weighted by Crippen LogP contribution is 2.43. The summed E-state index contributed by atoms with van der Waals surface area (Å²) in [5.41, 5.74) is 0.979. The number of aliphatic hydroxyl groups is 2. The van der Waals surface area contributed by atoms with Crippen molar-refractivity contribution < 1.29 is 29.2 Å². The second kappa shape index (κ2) is 10.9. The molecule has 1 aliphatic heterocycles. The van der Waals surface area contributed by atoms with Gasteiger partial charge < -0.3 is 29.9 Å². The molecule has 0 unspecified atom stereocenters. The number of aliphatic hydroxyl groups excluding tert-OH is 1. The molecule has 2 aromatic carbocycles. The van der Waals surface area contributed by atoms with E-state index in [4.69, 9.17) is 16.3 Å². The molecule has 38 heavy (non-hydrogen) atoms. The summed E-state index contributed by atoms with van der Waals surface area (Å²) in [5.74, 6) is -0.494. The normalized spacial score (nSPS) is 14.3. The molecule has 0 spiro atoms. The van der Waals surface area contributed by atoms with Crippen LogP contribution in [0.2, 0.25) is 5.02 Å². The molecule has 1 fully saturated rings. The van der Waals surface area contributed by atoms with Crippen molar-refractivity contribution in [3.63, 3.8) is 0 Å². The van der Waals surface area contributed by atoms with E-state index in [1.165, 1.54) is 30.3 Å². The van der Waals surface area contributed by atoms with Crippen LogP contribution < -0.4 is 14.5 Å². The van der Waals surface area contributed by atoms with Gasteiger partial charge in [-0.1, -0.05) is 17.7 Å². The molecule has 3 N–H and O–H groups in total. The fourth-order valence-corrected chi connectivity index (χ4v) is 4.48. The van der Waals surface area contributed by atoms with Crippen LogP contribution in [0.3, 0.4) is 0 Å². The predicted molar refractivity (Wildman–Crippen MR) is 144 cm³/mol. The standard InChI is InChI=1S/C27H28ClFN4O5/c1-31(2)6-7-32(16-35)23-5-4-17(8-22(23)28)20-10-19(29)11-21(25(20)36)18-9-24(26(38-3)30-12-18)33-13-27(37,14-33)15-34/h4-12,16,34,36-37H,13-15H2,1-3H3/b7-6-. The number of amides is 1. The third kappa shape index (κ3) is 5.38. The Morgan fingerprint density at radius 3 is 2.42 bits per heavy atom. The highest BCUT2D eigenvalue weighted by Gasteiger charge is 2.42. The van der Waals surface area contributed by atoms with E-state index in [1.807, 2.05) is 14.1 Å². The summed E-state index contributed by atoms with van der Waals surface area (Å²) in [6.45, 7) is -0.0552. The SMILES string of the molecule is COc1ncc(-c2cc(F)cc(-c3ccc(N(C=O)/C=C\N(C)C)c(Cl)c3)c2O)cc1N1CC(O)(CO)C1. The Bertz CT molecular complexity index is 1380. The molecular weight excluding hydrogens is 515 g/mol. The molecule has 11 heteroatoms. The van der Waals surface area contributed by atoms with Crippen molar-refractivity contribution >= 4 is 29.4 Å². The number of phenolic OH excluding ortho intramolecular Hbond substituents is 1. The van der Waals surface area contributed by atoms with E-state index in [2.05, 4.69) is 4.98 Å². The number of hydrogen-bond acceptors (Lipinski definition) is 8. The van der Waals surface area contributed by atoms with Gasteiger partial charge in [-0.2, -0.15) is 0 Å². The average Bonchev–Trinajstić information content (AvgIpc) is 2.88. The van der Waals surface area contributed by atoms with Gasteiger partial charge in [0.05, 0.1) is 37.5 Å². The van der Waals surface area contributed by atoms with Crippen LogP contribution in [-0.2, 0) is 4.79 Å². The minimum absolute atomic E-state index is 0.164. The lowest BCUT2D eigenvalue weighted by Crippen LogP contribution is -2.64. The lowest BCUT2D eigenvalue weighted by Gasteiger charge is -2.46. The Hall–Kier alpha value is -3.86. The maximum absolute atomic E-state index is 14.8. The van der Waals surface area contributed by atoms with Gasteiger partial charge in [-0.05, 0) is 35.9 Å². The lowest BCUT2D eigenvalue weighted by molar-refractivity contribution is -0.107. The number of nitrogens with zero attached hydrogens (tertiary/aromatic N) is 4. The number of benzene rings is 2. The van der Waals surface area contributed by atoms with E-state index < -0.39 is 11.4 Å². The number of ether oxygens (including phenoxy) is 1. The van der Waals surface area contributed by atoms with Crippen LogP contribution in [-0.4, -0.2) is 78.1 Å². The van der Waals surface area contributed by atoms with E-state index >= 15 is 0 Å². The minimum atomic E-state index is -1.22. The second-order valence-electron chi connectivity index (χ2n) is 9.28. The maximum Gasteiger partial charge on any atom is 0.237 e. The summed E-state index contributed by atoms with van der Waals surface area (Å²) in [7, 11) is 5.08. The molecule has 4 rings (SSSR count). The Kier molecular flexibility index (Phi) is 7.77. The Morgan fingerprint density at radius 2 is 1.84 bits per heavy atom. The van der Waals surface area contributed by atoms with Crippen molar-refractivity contribution in [1.82, 2.24) is 9.88 Å². The summed E-state index contributed by atoms with van der Waals surface area (Å²) >= 11 is 6.47. The summed E-state index contributed by atoms with van der Waals surface area (Å²) in [6, 6.07) is 8.85. The van der Waals surface area contributed by atoms with Crippen molar-refractivity contribution in [2.45, 2.75) is 5.60 Å². The van der Waals surface area contributed by atoms with Gasteiger partial charge in [-0.15, -0.1) is 0 Å². The van der Waals surface area contributed by atoms with Crippen LogP contribution in [0, 0.1) is 5.82 Å². The van der Waals surface area contributed by atoms with Crippen LogP contribution in [0.25, 0.3) is 22.3 Å². The van der Waals surface area contributed by atoms with Gasteiger partial charge in [-0.3, -0.25) is 9.69 Å². The number of carbonyl (C=O) groups is 1. The largest absolute Gasteiger partial charge is 0.507 e. The molecule has 9 nitrogen and oxygen atoms in total. The van der Waals surface area contributed by atoms with Crippen molar-refractivity contribution in [1.29, 1.82) is 0 Å². The zero-order valence-electron chi connectivity index (χ0n) is 21.1. The number of rotatable bonds is 9. The number of β-amino-alcohol motifs (C(OH)–C–C–N with tert-alkyl or cyclic N) is 1. The molecule has 1 amide bonds. The van der Waals surface area contributed by atoms with Gasteiger partial charge in [0.15, 0.2) is 0 Å². The minimum Gasteiger partial charge on any atom is -0.507 e. The average molecular weight is 543 g/mol. The van der Waals surface area contributed by atoms with E-state index in [1.54, 1.807) is 46.5 Å². The summed E-state index contributed by atoms with van der Waals surface area (Å²) < 4.78 is 20.2. The number of methoxy groups -OCH3 is 1. The smallest absolute Gasteiger partial charge is 0.237 e. The lowest BCUT2D eigenvalue weighted by atomic mass is 9.93. The number of halogens is 2. The van der Waals surface area contributed by atoms with E-state index in [9.17, 15) is 24.5 Å². The quantitative estimate of drug-likeness (QED) is 0.353. The first-order valence-corrected chi connectivity index (χ1v) is 12.0. The Balaban J connectivity index is 1.73. The molecule has 0 bridgehead atoms. The molecule has 1 aliphatic rings. The molecule has 0 saturated carbocycles. The van der Waals surface area contributed by atoms with Gasteiger partial charge in [0.2, 0.25) is 12.3 Å². The van der Waals surface area contributed by atoms with Crippen LogP contribution in [0.15, 0.2) is 55.0 Å². The van der Waals surface area contributed by atoms with E-state index in [0.717, 1.165) is 0 Å². The molecule has 0 atom stereocenters. The third-order valence-corrected chi connectivity index (χ3v) is 6.50. The first-order valence-electron chi connectivity index (χ1n) is 11.6. The molecule has 2 heterocycles. The summed E-state index contributed by atoms with van der Waals surface area (Å²) in [6.07, 6.45) is 5.31. The van der Waals surface area contributed by atoms with Crippen molar-refractivity contribution in [3.8, 4) is 33.9 Å². The summed E-state index contributed by atoms with van der Waals surface area (Å²) in [4.78, 5) is 20.7. The molecule has 0 radical (unpaired) electrons. The first-order chi connectivity index (χ1) is 18.1. The zero-order chi connectivity index (χ0) is 27.6. The third-order valence-electron chi connectivity index (χ3n) is 6.19. The number of anilines is 2. The van der Waals surface area contributed by atoms with E-state index in [-0.39, 0.29) is 47.5 Å².